The van der Waals surface area contributed by atoms with Crippen LogP contribution in [0.15, 0.2) is 95.8 Å². The molecule has 110 valence electrons. The maximum atomic E-state index is 12.5. The highest BCUT2D eigenvalue weighted by Gasteiger charge is 2.11. The van der Waals surface area contributed by atoms with Crippen LogP contribution in [0.3, 0.4) is 0 Å². The van der Waals surface area contributed by atoms with Crippen molar-refractivity contribution in [3.05, 3.63) is 101 Å². The Morgan fingerprint density at radius 1 is 0.652 bits per heavy atom. The number of pyridine rings is 1. The standard InChI is InChI=1S/C21H15NO/c23-21-15-20(16-9-3-1-4-10-16)22(17-11-5-2-6-12-17)19-14-8-7-13-18(19)21/h1-15H. The second kappa shape index (κ2) is 5.58. The highest BCUT2D eigenvalue weighted by atomic mass is 16.1. The number of fused-ring (bicyclic) bond motifs is 1. The van der Waals surface area contributed by atoms with E-state index in [0.29, 0.717) is 0 Å². The maximum Gasteiger partial charge on any atom is 0.190 e. The minimum absolute atomic E-state index is 0.0478. The van der Waals surface area contributed by atoms with Crippen molar-refractivity contribution >= 4 is 10.9 Å². The van der Waals surface area contributed by atoms with E-state index < -0.39 is 0 Å². The molecule has 2 nitrogen and oxygen atoms in total. The van der Waals surface area contributed by atoms with Gasteiger partial charge in [-0.3, -0.25) is 4.79 Å². The molecule has 0 N–H and O–H groups in total. The summed E-state index contributed by atoms with van der Waals surface area (Å²) in [5.41, 5.74) is 3.94. The lowest BCUT2D eigenvalue weighted by atomic mass is 10.1. The van der Waals surface area contributed by atoms with Crippen molar-refractivity contribution in [2.45, 2.75) is 0 Å². The van der Waals surface area contributed by atoms with Gasteiger partial charge in [0.15, 0.2) is 5.43 Å². The molecule has 0 atom stereocenters. The zero-order valence-electron chi connectivity index (χ0n) is 12.5. The Morgan fingerprint density at radius 3 is 2.00 bits per heavy atom. The normalized spacial score (nSPS) is 10.8. The summed E-state index contributed by atoms with van der Waals surface area (Å²) in [6, 6.07) is 29.6. The van der Waals surface area contributed by atoms with Crippen LogP contribution >= 0.6 is 0 Å². The summed E-state index contributed by atoms with van der Waals surface area (Å²) in [7, 11) is 0. The third-order valence-electron chi connectivity index (χ3n) is 4.00. The summed E-state index contributed by atoms with van der Waals surface area (Å²) < 4.78 is 2.14. The van der Waals surface area contributed by atoms with Crippen molar-refractivity contribution in [2.24, 2.45) is 0 Å². The quantitative estimate of drug-likeness (QED) is 0.527. The van der Waals surface area contributed by atoms with E-state index in [9.17, 15) is 4.79 Å². The van der Waals surface area contributed by atoms with E-state index in [2.05, 4.69) is 16.7 Å². The van der Waals surface area contributed by atoms with Crippen LogP contribution in [-0.2, 0) is 0 Å². The van der Waals surface area contributed by atoms with E-state index >= 15 is 0 Å². The van der Waals surface area contributed by atoms with Crippen molar-refractivity contribution in [1.29, 1.82) is 0 Å². The molecule has 23 heavy (non-hydrogen) atoms. The SMILES string of the molecule is O=c1cc(-c2ccccc2)n(-c2ccccc2)c2ccccc12. The molecule has 0 bridgehead atoms. The van der Waals surface area contributed by atoms with Crippen LogP contribution in [0.4, 0.5) is 0 Å². The molecule has 0 unspecified atom stereocenters. The topological polar surface area (TPSA) is 22.0 Å². The summed E-state index contributed by atoms with van der Waals surface area (Å²) in [4.78, 5) is 12.5. The van der Waals surface area contributed by atoms with Crippen LogP contribution in [0.25, 0.3) is 27.8 Å². The number of rotatable bonds is 2. The molecule has 1 heterocycles. The van der Waals surface area contributed by atoms with Gasteiger partial charge in [-0.25, -0.2) is 0 Å². The average Bonchev–Trinajstić information content (AvgIpc) is 2.63. The molecular formula is C21H15NO. The van der Waals surface area contributed by atoms with E-state index in [-0.39, 0.29) is 5.43 Å². The zero-order valence-corrected chi connectivity index (χ0v) is 12.5. The molecule has 0 aliphatic rings. The molecule has 3 aromatic carbocycles. The van der Waals surface area contributed by atoms with Crippen LogP contribution < -0.4 is 5.43 Å². The Labute approximate surface area is 134 Å². The minimum atomic E-state index is 0.0478. The van der Waals surface area contributed by atoms with Crippen LogP contribution in [-0.4, -0.2) is 4.57 Å². The summed E-state index contributed by atoms with van der Waals surface area (Å²) in [6.07, 6.45) is 0. The van der Waals surface area contributed by atoms with Crippen molar-refractivity contribution < 1.29 is 0 Å². The van der Waals surface area contributed by atoms with Gasteiger partial charge in [-0.15, -0.1) is 0 Å². The number of aromatic nitrogens is 1. The van der Waals surface area contributed by atoms with Gasteiger partial charge >= 0.3 is 0 Å². The number of nitrogens with zero attached hydrogens (tertiary/aromatic N) is 1. The monoisotopic (exact) mass is 297 g/mol. The second-order valence-electron chi connectivity index (χ2n) is 5.45. The third kappa shape index (κ3) is 2.34. The molecule has 4 aromatic rings. The van der Waals surface area contributed by atoms with Crippen molar-refractivity contribution in [3.8, 4) is 16.9 Å². The van der Waals surface area contributed by atoms with Gasteiger partial charge in [0.05, 0.1) is 11.2 Å². The maximum absolute atomic E-state index is 12.5. The first-order valence-corrected chi connectivity index (χ1v) is 7.60. The fraction of sp³-hybridized carbons (Fsp3) is 0. The fourth-order valence-corrected chi connectivity index (χ4v) is 2.95. The number of para-hydroxylation sites is 2. The molecule has 0 amide bonds. The molecule has 4 rings (SSSR count). The molecule has 0 aliphatic carbocycles. The molecule has 0 saturated carbocycles. The summed E-state index contributed by atoms with van der Waals surface area (Å²) in [6.45, 7) is 0. The van der Waals surface area contributed by atoms with Gasteiger partial charge in [-0.05, 0) is 29.8 Å². The first-order chi connectivity index (χ1) is 11.3. The molecule has 0 saturated heterocycles. The number of hydrogen-bond acceptors (Lipinski definition) is 1. The average molecular weight is 297 g/mol. The van der Waals surface area contributed by atoms with Gasteiger partial charge in [0.2, 0.25) is 0 Å². The number of hydrogen-bond donors (Lipinski definition) is 0. The van der Waals surface area contributed by atoms with Crippen molar-refractivity contribution in [1.82, 2.24) is 4.57 Å². The Kier molecular flexibility index (Phi) is 3.28. The Bertz CT molecular complexity index is 1020. The van der Waals surface area contributed by atoms with E-state index in [1.807, 2.05) is 72.8 Å². The fourth-order valence-electron chi connectivity index (χ4n) is 2.95. The smallest absolute Gasteiger partial charge is 0.190 e. The van der Waals surface area contributed by atoms with Crippen LogP contribution in [0.1, 0.15) is 0 Å². The van der Waals surface area contributed by atoms with Crippen molar-refractivity contribution in [3.63, 3.8) is 0 Å². The highest BCUT2D eigenvalue weighted by Crippen LogP contribution is 2.26. The molecule has 0 spiro atoms. The van der Waals surface area contributed by atoms with E-state index in [4.69, 9.17) is 0 Å². The summed E-state index contributed by atoms with van der Waals surface area (Å²) in [5, 5.41) is 0.732. The Balaban J connectivity index is 2.16. The molecule has 2 heteroatoms. The minimum Gasteiger partial charge on any atom is -0.309 e. The Morgan fingerprint density at radius 2 is 1.26 bits per heavy atom. The largest absolute Gasteiger partial charge is 0.309 e. The van der Waals surface area contributed by atoms with Crippen LogP contribution in [0.5, 0.6) is 0 Å². The second-order valence-corrected chi connectivity index (χ2v) is 5.45. The molecule has 1 aromatic heterocycles. The molecule has 0 radical (unpaired) electrons. The number of benzene rings is 3. The van der Waals surface area contributed by atoms with Crippen LogP contribution in [0.2, 0.25) is 0 Å². The van der Waals surface area contributed by atoms with Gasteiger partial charge in [-0.2, -0.15) is 0 Å². The lowest BCUT2D eigenvalue weighted by molar-refractivity contribution is 1.11. The lowest BCUT2D eigenvalue weighted by Crippen LogP contribution is -2.10. The summed E-state index contributed by atoms with van der Waals surface area (Å²) >= 11 is 0. The van der Waals surface area contributed by atoms with E-state index in [1.165, 1.54) is 0 Å². The highest BCUT2D eigenvalue weighted by molar-refractivity contribution is 5.84. The predicted octanol–water partition coefficient (Wildman–Crippen LogP) is 4.66. The van der Waals surface area contributed by atoms with Gasteiger partial charge in [0.1, 0.15) is 0 Å². The predicted molar refractivity (Wildman–Crippen MR) is 95.0 cm³/mol. The summed E-state index contributed by atoms with van der Waals surface area (Å²) in [5.74, 6) is 0. The molecule has 0 aliphatic heterocycles. The zero-order chi connectivity index (χ0) is 15.6. The Hall–Kier alpha value is -3.13. The third-order valence-corrected chi connectivity index (χ3v) is 4.00. The van der Waals surface area contributed by atoms with Gasteiger partial charge in [0.25, 0.3) is 0 Å². The van der Waals surface area contributed by atoms with Crippen LogP contribution in [0, 0.1) is 0 Å². The molecule has 0 fully saturated rings. The van der Waals surface area contributed by atoms with E-state index in [1.54, 1.807) is 6.07 Å². The van der Waals surface area contributed by atoms with Gasteiger partial charge < -0.3 is 4.57 Å². The van der Waals surface area contributed by atoms with E-state index in [0.717, 1.165) is 27.8 Å². The first kappa shape index (κ1) is 13.5. The lowest BCUT2D eigenvalue weighted by Gasteiger charge is -2.17. The van der Waals surface area contributed by atoms with Gasteiger partial charge in [0, 0.05) is 17.1 Å². The van der Waals surface area contributed by atoms with Crippen molar-refractivity contribution in [2.75, 3.05) is 0 Å². The molecular weight excluding hydrogens is 282 g/mol. The van der Waals surface area contributed by atoms with Gasteiger partial charge in [-0.1, -0.05) is 60.7 Å². The first-order valence-electron chi connectivity index (χ1n) is 7.60.